The summed E-state index contributed by atoms with van der Waals surface area (Å²) in [5.41, 5.74) is 8.73. The van der Waals surface area contributed by atoms with Crippen LogP contribution in [0.15, 0.2) is 102 Å². The molecule has 0 atom stereocenters. The van der Waals surface area contributed by atoms with E-state index in [0.29, 0.717) is 5.95 Å². The Balaban J connectivity index is 1.72. The van der Waals surface area contributed by atoms with Gasteiger partial charge in [0.2, 0.25) is 5.95 Å². The molecule has 0 aliphatic rings. The van der Waals surface area contributed by atoms with Crippen LogP contribution in [0.3, 0.4) is 0 Å². The van der Waals surface area contributed by atoms with E-state index in [2.05, 4.69) is 20.5 Å². The molecule has 4 nitrogen and oxygen atoms in total. The summed E-state index contributed by atoms with van der Waals surface area (Å²) in [5, 5.41) is 4.48. The second-order valence-electron chi connectivity index (χ2n) is 6.37. The van der Waals surface area contributed by atoms with Crippen LogP contribution in [-0.4, -0.2) is 15.7 Å². The Kier molecular flexibility index (Phi) is 5.20. The lowest BCUT2D eigenvalue weighted by molar-refractivity contribution is 1.12. The number of hydrazone groups is 1. The van der Waals surface area contributed by atoms with Gasteiger partial charge in [-0.25, -0.2) is 15.4 Å². The van der Waals surface area contributed by atoms with Crippen molar-refractivity contribution in [1.82, 2.24) is 9.97 Å². The molecule has 0 bridgehead atoms. The third kappa shape index (κ3) is 4.13. The molecule has 3 aromatic carbocycles. The Morgan fingerprint density at radius 2 is 1.14 bits per heavy atom. The molecule has 0 aliphatic carbocycles. The van der Waals surface area contributed by atoms with Gasteiger partial charge in [-0.05, 0) is 18.6 Å². The van der Waals surface area contributed by atoms with Crippen molar-refractivity contribution in [3.8, 4) is 22.5 Å². The standard InChI is InChI=1S/C24H20N4/c1-18(19-11-5-2-6-12-19)27-28-24-25-22(20-13-7-3-8-14-20)17-23(26-24)21-15-9-4-10-16-21/h2-17H,1H3,(H,25,26,28). The van der Waals surface area contributed by atoms with E-state index in [1.54, 1.807) is 0 Å². The fraction of sp³-hybridized carbons (Fsp3) is 0.0417. The zero-order valence-electron chi connectivity index (χ0n) is 15.6. The molecule has 0 unspecified atom stereocenters. The highest BCUT2D eigenvalue weighted by Crippen LogP contribution is 2.25. The molecule has 0 aliphatic heterocycles. The summed E-state index contributed by atoms with van der Waals surface area (Å²) in [6, 6.07) is 32.2. The average Bonchev–Trinajstić information content (AvgIpc) is 2.79. The van der Waals surface area contributed by atoms with Gasteiger partial charge in [0.05, 0.1) is 17.1 Å². The van der Waals surface area contributed by atoms with Gasteiger partial charge in [-0.1, -0.05) is 91.0 Å². The summed E-state index contributed by atoms with van der Waals surface area (Å²) in [6.45, 7) is 1.96. The molecule has 0 amide bonds. The molecular weight excluding hydrogens is 344 g/mol. The van der Waals surface area contributed by atoms with Crippen LogP contribution in [0.1, 0.15) is 12.5 Å². The first kappa shape index (κ1) is 17.6. The lowest BCUT2D eigenvalue weighted by Crippen LogP contribution is -2.03. The van der Waals surface area contributed by atoms with E-state index in [4.69, 9.17) is 0 Å². The third-order valence-electron chi connectivity index (χ3n) is 4.38. The number of hydrogen-bond acceptors (Lipinski definition) is 4. The predicted octanol–water partition coefficient (Wildman–Crippen LogP) is 5.65. The minimum Gasteiger partial charge on any atom is -0.245 e. The van der Waals surface area contributed by atoms with E-state index in [0.717, 1.165) is 33.8 Å². The molecule has 4 heteroatoms. The predicted molar refractivity (Wildman–Crippen MR) is 115 cm³/mol. The first-order valence-electron chi connectivity index (χ1n) is 9.15. The Bertz CT molecular complexity index is 1020. The summed E-state index contributed by atoms with van der Waals surface area (Å²) < 4.78 is 0. The number of anilines is 1. The van der Waals surface area contributed by atoms with E-state index >= 15 is 0 Å². The van der Waals surface area contributed by atoms with Gasteiger partial charge in [0, 0.05) is 11.1 Å². The second-order valence-corrected chi connectivity index (χ2v) is 6.37. The molecule has 4 aromatic rings. The fourth-order valence-corrected chi connectivity index (χ4v) is 2.89. The lowest BCUT2D eigenvalue weighted by atomic mass is 10.1. The summed E-state index contributed by atoms with van der Waals surface area (Å²) in [7, 11) is 0. The first-order valence-corrected chi connectivity index (χ1v) is 9.15. The van der Waals surface area contributed by atoms with E-state index in [9.17, 15) is 0 Å². The normalized spacial score (nSPS) is 11.2. The maximum Gasteiger partial charge on any atom is 0.244 e. The largest absolute Gasteiger partial charge is 0.245 e. The van der Waals surface area contributed by atoms with Gasteiger partial charge in [0.25, 0.3) is 0 Å². The number of benzene rings is 3. The number of rotatable bonds is 5. The maximum absolute atomic E-state index is 4.67. The smallest absolute Gasteiger partial charge is 0.244 e. The monoisotopic (exact) mass is 364 g/mol. The van der Waals surface area contributed by atoms with Crippen molar-refractivity contribution < 1.29 is 0 Å². The quantitative estimate of drug-likeness (QED) is 0.368. The number of nitrogens with one attached hydrogen (secondary N) is 1. The number of aromatic nitrogens is 2. The van der Waals surface area contributed by atoms with E-state index in [1.807, 2.05) is 104 Å². The third-order valence-corrected chi connectivity index (χ3v) is 4.38. The molecule has 0 radical (unpaired) electrons. The van der Waals surface area contributed by atoms with Gasteiger partial charge in [-0.15, -0.1) is 0 Å². The SMILES string of the molecule is CC(=NNc1nc(-c2ccccc2)cc(-c2ccccc2)n1)c1ccccc1. The van der Waals surface area contributed by atoms with Crippen LogP contribution in [-0.2, 0) is 0 Å². The maximum atomic E-state index is 4.67. The van der Waals surface area contributed by atoms with Crippen molar-refractivity contribution in [1.29, 1.82) is 0 Å². The molecule has 0 saturated heterocycles. The molecule has 28 heavy (non-hydrogen) atoms. The molecule has 0 fully saturated rings. The van der Waals surface area contributed by atoms with E-state index < -0.39 is 0 Å². The molecular formula is C24H20N4. The van der Waals surface area contributed by atoms with Crippen LogP contribution in [0.25, 0.3) is 22.5 Å². The van der Waals surface area contributed by atoms with Gasteiger partial charge in [0.1, 0.15) is 0 Å². The summed E-state index contributed by atoms with van der Waals surface area (Å²) in [4.78, 5) is 9.33. The average molecular weight is 364 g/mol. The molecule has 1 heterocycles. The number of hydrogen-bond donors (Lipinski definition) is 1. The van der Waals surface area contributed by atoms with Crippen molar-refractivity contribution in [3.63, 3.8) is 0 Å². The first-order chi connectivity index (χ1) is 13.8. The number of nitrogens with zero attached hydrogens (tertiary/aromatic N) is 3. The van der Waals surface area contributed by atoms with Gasteiger partial charge in [-0.2, -0.15) is 5.10 Å². The molecule has 1 aromatic heterocycles. The van der Waals surface area contributed by atoms with Crippen LogP contribution in [0.2, 0.25) is 0 Å². The molecule has 1 N–H and O–H groups in total. The topological polar surface area (TPSA) is 50.2 Å². The van der Waals surface area contributed by atoms with E-state index in [-0.39, 0.29) is 0 Å². The Morgan fingerprint density at radius 3 is 1.64 bits per heavy atom. The van der Waals surface area contributed by atoms with Gasteiger partial charge in [0.15, 0.2) is 0 Å². The van der Waals surface area contributed by atoms with Crippen LogP contribution in [0, 0.1) is 0 Å². The highest BCUT2D eigenvalue weighted by atomic mass is 15.4. The van der Waals surface area contributed by atoms with Gasteiger partial charge in [-0.3, -0.25) is 0 Å². The molecule has 0 saturated carbocycles. The van der Waals surface area contributed by atoms with Crippen molar-refractivity contribution in [3.05, 3.63) is 103 Å². The van der Waals surface area contributed by atoms with Crippen molar-refractivity contribution in [2.75, 3.05) is 5.43 Å². The van der Waals surface area contributed by atoms with Crippen LogP contribution in [0.5, 0.6) is 0 Å². The van der Waals surface area contributed by atoms with Crippen molar-refractivity contribution >= 4 is 11.7 Å². The highest BCUT2D eigenvalue weighted by molar-refractivity contribution is 5.98. The van der Waals surface area contributed by atoms with Crippen molar-refractivity contribution in [2.24, 2.45) is 5.10 Å². The van der Waals surface area contributed by atoms with Crippen molar-refractivity contribution in [2.45, 2.75) is 6.92 Å². The Morgan fingerprint density at radius 1 is 0.679 bits per heavy atom. The van der Waals surface area contributed by atoms with Crippen LogP contribution >= 0.6 is 0 Å². The van der Waals surface area contributed by atoms with Gasteiger partial charge < -0.3 is 0 Å². The van der Waals surface area contributed by atoms with Gasteiger partial charge >= 0.3 is 0 Å². The zero-order valence-corrected chi connectivity index (χ0v) is 15.6. The van der Waals surface area contributed by atoms with E-state index in [1.165, 1.54) is 0 Å². The Hall–Kier alpha value is -3.79. The minimum absolute atomic E-state index is 0.468. The zero-order chi connectivity index (χ0) is 19.2. The van der Waals surface area contributed by atoms with Crippen LogP contribution < -0.4 is 5.43 Å². The fourth-order valence-electron chi connectivity index (χ4n) is 2.89. The summed E-state index contributed by atoms with van der Waals surface area (Å²) >= 11 is 0. The lowest BCUT2D eigenvalue weighted by Gasteiger charge is -2.09. The molecule has 0 spiro atoms. The summed E-state index contributed by atoms with van der Waals surface area (Å²) in [6.07, 6.45) is 0. The summed E-state index contributed by atoms with van der Waals surface area (Å²) in [5.74, 6) is 0.468. The molecule has 4 rings (SSSR count). The van der Waals surface area contributed by atoms with Crippen LogP contribution in [0.4, 0.5) is 5.95 Å². The second kappa shape index (κ2) is 8.27. The highest BCUT2D eigenvalue weighted by Gasteiger charge is 2.08. The Labute approximate surface area is 164 Å². The molecule has 136 valence electrons. The minimum atomic E-state index is 0.468.